The molecule has 0 radical (unpaired) electrons. The molecule has 0 aliphatic heterocycles. The van der Waals surface area contributed by atoms with E-state index in [-0.39, 0.29) is 17.7 Å². The van der Waals surface area contributed by atoms with Gasteiger partial charge in [0.1, 0.15) is 5.60 Å². The van der Waals surface area contributed by atoms with Crippen LogP contribution in [0.25, 0.3) is 0 Å². The highest BCUT2D eigenvalue weighted by Gasteiger charge is 2.21. The summed E-state index contributed by atoms with van der Waals surface area (Å²) in [6.07, 6.45) is 17.9. The number of ketones is 1. The van der Waals surface area contributed by atoms with E-state index in [4.69, 9.17) is 4.74 Å². The molecule has 0 fully saturated rings. The number of aliphatic hydroxyl groups is 1. The van der Waals surface area contributed by atoms with Gasteiger partial charge in [-0.15, -0.1) is 0 Å². The molecule has 0 saturated carbocycles. The van der Waals surface area contributed by atoms with Crippen molar-refractivity contribution in [3.8, 4) is 0 Å². The average Bonchev–Trinajstić information content (AvgIpc) is 2.94. The average molecular weight is 389 g/mol. The Bertz CT molecular complexity index is 617. The first-order valence-corrected chi connectivity index (χ1v) is 10.4. The van der Waals surface area contributed by atoms with E-state index in [1.807, 2.05) is 45.1 Å². The summed E-state index contributed by atoms with van der Waals surface area (Å²) < 4.78 is 5.29. The minimum absolute atomic E-state index is 0.0413. The summed E-state index contributed by atoms with van der Waals surface area (Å²) in [6, 6.07) is 0. The predicted molar refractivity (Wildman–Crippen MR) is 114 cm³/mol. The zero-order valence-corrected chi connectivity index (χ0v) is 17.8. The van der Waals surface area contributed by atoms with Crippen LogP contribution < -0.4 is 0 Å². The third kappa shape index (κ3) is 10.4. The molecule has 0 spiro atoms. The molecule has 1 aliphatic carbocycles. The molecular formula is C24H36O4. The van der Waals surface area contributed by atoms with Crippen LogP contribution in [0.1, 0.15) is 72.6 Å². The van der Waals surface area contributed by atoms with Gasteiger partial charge >= 0.3 is 5.97 Å². The molecule has 0 aromatic heterocycles. The van der Waals surface area contributed by atoms with Gasteiger partial charge in [-0.3, -0.25) is 9.59 Å². The maximum Gasteiger partial charge on any atom is 0.306 e. The van der Waals surface area contributed by atoms with Crippen molar-refractivity contribution in [1.29, 1.82) is 0 Å². The maximum absolute atomic E-state index is 12.1. The largest absolute Gasteiger partial charge is 0.460 e. The van der Waals surface area contributed by atoms with Gasteiger partial charge in [-0.05, 0) is 65.4 Å². The van der Waals surface area contributed by atoms with Crippen LogP contribution in [0, 0.1) is 5.92 Å². The summed E-state index contributed by atoms with van der Waals surface area (Å²) in [4.78, 5) is 23.7. The molecule has 1 aliphatic rings. The highest BCUT2D eigenvalue weighted by molar-refractivity contribution is 6.07. The predicted octanol–water partition coefficient (Wildman–Crippen LogP) is 5.23. The lowest BCUT2D eigenvalue weighted by Gasteiger charge is -2.19. The molecule has 156 valence electrons. The maximum atomic E-state index is 12.1. The van der Waals surface area contributed by atoms with Gasteiger partial charge in [-0.25, -0.2) is 0 Å². The molecule has 1 rings (SSSR count). The molecule has 0 aromatic carbocycles. The zero-order chi connectivity index (χ0) is 21.0. The Morgan fingerprint density at radius 1 is 1.21 bits per heavy atom. The number of carbonyl (C=O) groups is 2. The smallest absolute Gasteiger partial charge is 0.306 e. The van der Waals surface area contributed by atoms with Crippen molar-refractivity contribution in [2.45, 2.75) is 84.3 Å². The van der Waals surface area contributed by atoms with Crippen molar-refractivity contribution in [2.24, 2.45) is 5.92 Å². The van der Waals surface area contributed by atoms with E-state index in [1.165, 1.54) is 0 Å². The fourth-order valence-corrected chi connectivity index (χ4v) is 2.94. The van der Waals surface area contributed by atoms with Crippen molar-refractivity contribution < 1.29 is 19.4 Å². The highest BCUT2D eigenvalue weighted by atomic mass is 16.6. The van der Waals surface area contributed by atoms with E-state index >= 15 is 0 Å². The van der Waals surface area contributed by atoms with Gasteiger partial charge in [0.05, 0.1) is 6.10 Å². The second kappa shape index (κ2) is 12.5. The van der Waals surface area contributed by atoms with Crippen LogP contribution in [-0.2, 0) is 14.3 Å². The minimum atomic E-state index is -0.451. The Morgan fingerprint density at radius 3 is 2.64 bits per heavy atom. The number of ether oxygens (including phenoxy) is 1. The van der Waals surface area contributed by atoms with Crippen LogP contribution >= 0.6 is 0 Å². The summed E-state index contributed by atoms with van der Waals surface area (Å²) >= 11 is 0. The SMILES string of the molecule is CC/C=C\C[C@H](O)C/C=C1/C(=O)C=C[C@@H]1C/C=C\CCCC(=O)OC(C)(C)C. The van der Waals surface area contributed by atoms with Crippen molar-refractivity contribution in [2.75, 3.05) is 0 Å². The first-order valence-electron chi connectivity index (χ1n) is 10.4. The Morgan fingerprint density at radius 2 is 1.96 bits per heavy atom. The Hall–Kier alpha value is -1.94. The van der Waals surface area contributed by atoms with Gasteiger partial charge < -0.3 is 9.84 Å². The van der Waals surface area contributed by atoms with Crippen LogP contribution in [0.4, 0.5) is 0 Å². The Balaban J connectivity index is 2.37. The van der Waals surface area contributed by atoms with E-state index < -0.39 is 11.7 Å². The van der Waals surface area contributed by atoms with Crippen LogP contribution in [-0.4, -0.2) is 28.6 Å². The van der Waals surface area contributed by atoms with Gasteiger partial charge in [-0.2, -0.15) is 0 Å². The molecule has 0 amide bonds. The van der Waals surface area contributed by atoms with Gasteiger partial charge in [0.2, 0.25) is 0 Å². The topological polar surface area (TPSA) is 63.6 Å². The molecule has 1 N–H and O–H groups in total. The van der Waals surface area contributed by atoms with Gasteiger partial charge in [0.15, 0.2) is 5.78 Å². The summed E-state index contributed by atoms with van der Waals surface area (Å²) in [7, 11) is 0. The minimum Gasteiger partial charge on any atom is -0.460 e. The molecule has 0 saturated heterocycles. The number of hydrogen-bond acceptors (Lipinski definition) is 4. The lowest BCUT2D eigenvalue weighted by molar-refractivity contribution is -0.154. The van der Waals surface area contributed by atoms with Gasteiger partial charge in [0, 0.05) is 17.9 Å². The Kier molecular flexibility index (Phi) is 10.8. The second-order valence-electron chi connectivity index (χ2n) is 8.18. The molecular weight excluding hydrogens is 352 g/mol. The van der Waals surface area contributed by atoms with Crippen molar-refractivity contribution >= 4 is 11.8 Å². The number of unbranched alkanes of at least 4 members (excludes halogenated alkanes) is 1. The molecule has 0 heterocycles. The quantitative estimate of drug-likeness (QED) is 0.228. The summed E-state index contributed by atoms with van der Waals surface area (Å²) in [6.45, 7) is 7.66. The van der Waals surface area contributed by atoms with E-state index in [2.05, 4.69) is 19.1 Å². The molecule has 0 unspecified atom stereocenters. The number of esters is 1. The molecule has 4 heteroatoms. The number of allylic oxidation sites excluding steroid dienone is 6. The summed E-state index contributed by atoms with van der Waals surface area (Å²) in [5.74, 6) is -0.0459. The van der Waals surface area contributed by atoms with E-state index in [0.717, 1.165) is 31.3 Å². The third-order valence-corrected chi connectivity index (χ3v) is 4.31. The first kappa shape index (κ1) is 24.1. The van der Waals surface area contributed by atoms with Crippen molar-refractivity contribution in [3.63, 3.8) is 0 Å². The molecule has 0 aromatic rings. The van der Waals surface area contributed by atoms with Crippen molar-refractivity contribution in [3.05, 3.63) is 48.1 Å². The third-order valence-electron chi connectivity index (χ3n) is 4.31. The second-order valence-corrected chi connectivity index (χ2v) is 8.18. The number of hydrogen-bond donors (Lipinski definition) is 1. The summed E-state index contributed by atoms with van der Waals surface area (Å²) in [5, 5.41) is 10.0. The van der Waals surface area contributed by atoms with Crippen LogP contribution in [0.5, 0.6) is 0 Å². The number of rotatable bonds is 11. The van der Waals surface area contributed by atoms with Crippen LogP contribution in [0.3, 0.4) is 0 Å². The van der Waals surface area contributed by atoms with Gasteiger partial charge in [-0.1, -0.05) is 43.4 Å². The Labute approximate surface area is 170 Å². The van der Waals surface area contributed by atoms with Gasteiger partial charge in [0.25, 0.3) is 0 Å². The molecule has 2 atom stereocenters. The summed E-state index contributed by atoms with van der Waals surface area (Å²) in [5.41, 5.74) is 0.341. The fourth-order valence-electron chi connectivity index (χ4n) is 2.94. The van der Waals surface area contributed by atoms with E-state index in [1.54, 1.807) is 6.08 Å². The molecule has 28 heavy (non-hydrogen) atoms. The van der Waals surface area contributed by atoms with Crippen LogP contribution in [0.2, 0.25) is 0 Å². The number of aliphatic hydroxyl groups excluding tert-OH is 1. The van der Waals surface area contributed by atoms with Crippen molar-refractivity contribution in [1.82, 2.24) is 0 Å². The lowest BCUT2D eigenvalue weighted by Crippen LogP contribution is -2.23. The van der Waals surface area contributed by atoms with Crippen LogP contribution in [0.15, 0.2) is 48.1 Å². The molecule has 0 bridgehead atoms. The zero-order valence-electron chi connectivity index (χ0n) is 17.8. The standard InChI is InChI=1S/C24H36O4/c1-5-6-9-13-20(25)16-17-21-19(15-18-22(21)26)12-10-7-8-11-14-23(27)28-24(2,3)4/h6-7,9-10,15,17-20,25H,5,8,11-14,16H2,1-4H3/b9-6-,10-7-,21-17+/t19-,20-/m0/s1. The normalized spacial score (nSPS) is 20.0. The lowest BCUT2D eigenvalue weighted by atomic mass is 9.96. The highest BCUT2D eigenvalue weighted by Crippen LogP contribution is 2.26. The van der Waals surface area contributed by atoms with E-state index in [0.29, 0.717) is 19.3 Å². The van der Waals surface area contributed by atoms with E-state index in [9.17, 15) is 14.7 Å². The fraction of sp³-hybridized carbons (Fsp3) is 0.583. The number of carbonyl (C=O) groups excluding carboxylic acids is 2. The monoisotopic (exact) mass is 388 g/mol. The molecule has 4 nitrogen and oxygen atoms in total. The first-order chi connectivity index (χ1) is 13.2.